The Morgan fingerprint density at radius 2 is 1.73 bits per heavy atom. The summed E-state index contributed by atoms with van der Waals surface area (Å²) in [5, 5.41) is 14.7. The van der Waals surface area contributed by atoms with Gasteiger partial charge in [0.25, 0.3) is 0 Å². The van der Waals surface area contributed by atoms with Crippen LogP contribution in [0.2, 0.25) is 0 Å². The molecule has 10 nitrogen and oxygen atoms in total. The van der Waals surface area contributed by atoms with E-state index in [4.69, 9.17) is 9.47 Å². The van der Waals surface area contributed by atoms with Crippen LogP contribution in [0.4, 0.5) is 0 Å². The standard InChI is InChI=1S/C49H74N4O6S/c1-33(2)35-13-21-49(51-26-27-53-28-31-60(56,57)32-29-53)23-22-46(6)37(41(35)49)9-10-39-45(5)17-14-36(44(3,4)38(45)15-18-47(39,46)7)34-11-19-48(20-12-34,42(54)55)24-30-59-43-50-25-16-40(52-43)58-8/h11,14,16,25,35,37-39,41,51H,1,9-10,12-13,15,17-24,26-32H2,2-8H3,(H,54,55)/t35-,37+,38-,39+,41+,45-,46+,47+,48?,49-/m0/s1. The van der Waals surface area contributed by atoms with E-state index in [9.17, 15) is 18.3 Å². The molecule has 10 atom stereocenters. The summed E-state index contributed by atoms with van der Waals surface area (Å²) < 4.78 is 35.2. The van der Waals surface area contributed by atoms with Gasteiger partial charge in [-0.05, 0) is 153 Å². The maximum atomic E-state index is 12.8. The number of hydrogen-bond acceptors (Lipinski definition) is 9. The summed E-state index contributed by atoms with van der Waals surface area (Å²) in [5.74, 6) is 3.25. The van der Waals surface area contributed by atoms with Crippen LogP contribution in [-0.4, -0.2) is 91.3 Å². The minimum atomic E-state index is -2.88. The van der Waals surface area contributed by atoms with E-state index in [2.05, 4.69) is 80.5 Å². The predicted octanol–water partition coefficient (Wildman–Crippen LogP) is 8.70. The van der Waals surface area contributed by atoms with E-state index >= 15 is 0 Å². The fourth-order valence-corrected chi connectivity index (χ4v) is 16.8. The highest BCUT2D eigenvalue weighted by atomic mass is 32.2. The number of aromatic nitrogens is 2. The van der Waals surface area contributed by atoms with Crippen molar-refractivity contribution >= 4 is 15.8 Å². The highest BCUT2D eigenvalue weighted by Crippen LogP contribution is 2.76. The Labute approximate surface area is 360 Å². The Bertz CT molecular complexity index is 2000. The van der Waals surface area contributed by atoms with E-state index in [1.54, 1.807) is 19.4 Å². The zero-order valence-electron chi connectivity index (χ0n) is 37.8. The van der Waals surface area contributed by atoms with Crippen molar-refractivity contribution in [2.24, 2.45) is 56.7 Å². The number of rotatable bonds is 12. The first-order chi connectivity index (χ1) is 28.3. The van der Waals surface area contributed by atoms with Crippen molar-refractivity contribution < 1.29 is 27.8 Å². The Morgan fingerprint density at radius 1 is 0.967 bits per heavy atom. The largest absolute Gasteiger partial charge is 0.481 e. The molecule has 1 saturated heterocycles. The number of ether oxygens (including phenoxy) is 2. The molecule has 0 bridgehead atoms. The van der Waals surface area contributed by atoms with Gasteiger partial charge >= 0.3 is 12.0 Å². The average molecular weight is 847 g/mol. The van der Waals surface area contributed by atoms with Crippen LogP contribution in [0.15, 0.2) is 47.7 Å². The van der Waals surface area contributed by atoms with Crippen LogP contribution < -0.4 is 14.8 Å². The SMILES string of the molecule is C=C(C)[C@@H]1CC[C@]2(NCCN3CCS(=O)(=O)CC3)CC[C@]3(C)[C@H](CC[C@@H]4[C@@]5(C)CC=C(C6=CCC(CCOc7nccc(OC)n7)(C(=O)O)CC6)C(C)(C)[C@@H]5CC[C@]43C)[C@@H]12. The second-order valence-electron chi connectivity index (χ2n) is 21.8. The molecular formula is C49H74N4O6S. The van der Waals surface area contributed by atoms with Crippen LogP contribution in [0.25, 0.3) is 0 Å². The molecule has 0 radical (unpaired) electrons. The summed E-state index contributed by atoms with van der Waals surface area (Å²) >= 11 is 0. The van der Waals surface area contributed by atoms with Crippen molar-refractivity contribution in [1.82, 2.24) is 20.2 Å². The monoisotopic (exact) mass is 847 g/mol. The molecule has 6 aliphatic carbocycles. The van der Waals surface area contributed by atoms with Gasteiger partial charge in [0.05, 0.1) is 30.6 Å². The highest BCUT2D eigenvalue weighted by molar-refractivity contribution is 7.91. The number of sulfone groups is 1. The molecule has 60 heavy (non-hydrogen) atoms. The fourth-order valence-electron chi connectivity index (χ4n) is 15.6. The lowest BCUT2D eigenvalue weighted by molar-refractivity contribution is -0.221. The van der Waals surface area contributed by atoms with Crippen LogP contribution in [0, 0.1) is 56.7 Å². The second-order valence-corrected chi connectivity index (χ2v) is 24.1. The molecule has 1 unspecified atom stereocenters. The molecule has 1 aromatic heterocycles. The molecule has 8 rings (SSSR count). The lowest BCUT2D eigenvalue weighted by atomic mass is 9.33. The van der Waals surface area contributed by atoms with Crippen LogP contribution in [0.3, 0.4) is 0 Å². The number of carbonyl (C=O) groups is 1. The van der Waals surface area contributed by atoms with Gasteiger partial charge in [0, 0.05) is 44.0 Å². The van der Waals surface area contributed by atoms with Crippen molar-refractivity contribution in [3.63, 3.8) is 0 Å². The number of hydrogen-bond donors (Lipinski definition) is 2. The van der Waals surface area contributed by atoms with E-state index in [0.717, 1.165) is 25.9 Å². The van der Waals surface area contributed by atoms with Gasteiger partial charge < -0.3 is 24.8 Å². The third-order valence-corrected chi connectivity index (χ3v) is 20.6. The number of allylic oxidation sites excluding steroid dienone is 5. The number of methoxy groups -OCH3 is 1. The van der Waals surface area contributed by atoms with Gasteiger partial charge in [0.1, 0.15) is 0 Å². The highest BCUT2D eigenvalue weighted by Gasteiger charge is 2.70. The van der Waals surface area contributed by atoms with Gasteiger partial charge in [-0.15, -0.1) is 0 Å². The second kappa shape index (κ2) is 15.8. The van der Waals surface area contributed by atoms with Gasteiger partial charge in [0.2, 0.25) is 5.88 Å². The molecule has 1 aliphatic heterocycles. The summed E-state index contributed by atoms with van der Waals surface area (Å²) in [7, 11) is -1.33. The van der Waals surface area contributed by atoms with Crippen LogP contribution in [0.1, 0.15) is 125 Å². The molecule has 0 spiro atoms. The first kappa shape index (κ1) is 43.9. The van der Waals surface area contributed by atoms with E-state index in [1.165, 1.54) is 68.1 Å². The van der Waals surface area contributed by atoms with Crippen molar-refractivity contribution in [1.29, 1.82) is 0 Å². The zero-order chi connectivity index (χ0) is 42.9. The van der Waals surface area contributed by atoms with Crippen molar-refractivity contribution in [2.45, 2.75) is 131 Å². The molecule has 7 aliphatic rings. The van der Waals surface area contributed by atoms with Gasteiger partial charge in [0.15, 0.2) is 9.84 Å². The van der Waals surface area contributed by atoms with Gasteiger partial charge in [-0.1, -0.05) is 58.9 Å². The average Bonchev–Trinajstić information content (AvgIpc) is 3.59. The lowest BCUT2D eigenvalue weighted by Gasteiger charge is -2.72. The Kier molecular flexibility index (Phi) is 11.5. The molecule has 4 saturated carbocycles. The van der Waals surface area contributed by atoms with Crippen molar-refractivity contribution in [3.8, 4) is 11.9 Å². The number of nitrogens with zero attached hydrogens (tertiary/aromatic N) is 3. The van der Waals surface area contributed by atoms with Crippen molar-refractivity contribution in [2.75, 3.05) is 51.4 Å². The number of carboxylic acid groups (broad SMARTS) is 1. The third kappa shape index (κ3) is 7.20. The molecule has 1 aromatic rings. The maximum absolute atomic E-state index is 12.8. The van der Waals surface area contributed by atoms with E-state index in [1.807, 2.05) is 0 Å². The molecular weight excluding hydrogens is 773 g/mol. The first-order valence-corrected chi connectivity index (χ1v) is 25.1. The molecule has 5 fully saturated rings. The topological polar surface area (TPSA) is 131 Å². The number of aliphatic carboxylic acids is 1. The smallest absolute Gasteiger partial charge is 0.319 e. The van der Waals surface area contributed by atoms with Crippen LogP contribution in [-0.2, 0) is 14.6 Å². The Balaban J connectivity index is 0.985. The van der Waals surface area contributed by atoms with E-state index < -0.39 is 21.2 Å². The minimum absolute atomic E-state index is 0.00532. The van der Waals surface area contributed by atoms with Crippen molar-refractivity contribution in [3.05, 3.63) is 47.7 Å². The summed E-state index contributed by atoms with van der Waals surface area (Å²) in [6, 6.07) is 1.86. The molecule has 332 valence electrons. The lowest BCUT2D eigenvalue weighted by Crippen LogP contribution is -2.68. The van der Waals surface area contributed by atoms with Gasteiger partial charge in [-0.3, -0.25) is 4.79 Å². The van der Waals surface area contributed by atoms with Crippen LogP contribution in [0.5, 0.6) is 11.9 Å². The zero-order valence-corrected chi connectivity index (χ0v) is 38.6. The molecule has 0 amide bonds. The summed E-state index contributed by atoms with van der Waals surface area (Å²) in [6.07, 6.45) is 19.8. The fraction of sp³-hybridized carbons (Fsp3) is 0.776. The number of carboxylic acids is 1. The Morgan fingerprint density at radius 3 is 2.42 bits per heavy atom. The Hall–Kier alpha value is -2.76. The van der Waals surface area contributed by atoms with Crippen LogP contribution >= 0.6 is 0 Å². The minimum Gasteiger partial charge on any atom is -0.481 e. The van der Waals surface area contributed by atoms with E-state index in [-0.39, 0.29) is 51.3 Å². The molecule has 2 heterocycles. The molecule has 0 aromatic carbocycles. The predicted molar refractivity (Wildman–Crippen MR) is 237 cm³/mol. The summed E-state index contributed by atoms with van der Waals surface area (Å²) in [5.41, 5.74) is 4.13. The van der Waals surface area contributed by atoms with Gasteiger partial charge in [-0.25, -0.2) is 13.4 Å². The molecule has 2 N–H and O–H groups in total. The normalized spacial score (nSPS) is 40.8. The summed E-state index contributed by atoms with van der Waals surface area (Å²) in [6.45, 7) is 23.4. The molecule has 11 heteroatoms. The summed E-state index contributed by atoms with van der Waals surface area (Å²) in [4.78, 5) is 23.6. The van der Waals surface area contributed by atoms with E-state index in [0.29, 0.717) is 67.8 Å². The van der Waals surface area contributed by atoms with Gasteiger partial charge in [-0.2, -0.15) is 4.98 Å². The quantitative estimate of drug-likeness (QED) is 0.197. The maximum Gasteiger partial charge on any atom is 0.319 e. The number of nitrogens with one attached hydrogen (secondary N) is 1. The first-order valence-electron chi connectivity index (χ1n) is 23.3. The number of fused-ring (bicyclic) bond motifs is 7. The third-order valence-electron chi connectivity index (χ3n) is 19.0.